The monoisotopic (exact) mass is 549 g/mol. The number of alkyl halides is 6. The zero-order chi connectivity index (χ0) is 28.6. The number of halogens is 6. The summed E-state index contributed by atoms with van der Waals surface area (Å²) in [6.45, 7) is -2.11. The van der Waals surface area contributed by atoms with Gasteiger partial charge in [-0.25, -0.2) is 9.59 Å². The van der Waals surface area contributed by atoms with Gasteiger partial charge >= 0.3 is 24.3 Å². The molecule has 0 aliphatic rings. The number of hydrogen-bond acceptors (Lipinski definition) is 7. The SMILES string of the molecule is CO[C@@](C(=O)OC[C@@H](CN=[N+]=[N-])OC(=O)[C@](OC)(c1ccccc1)C(F)(F)F)(c1ccccc1)C(F)(F)F. The van der Waals surface area contributed by atoms with Crippen LogP contribution in [0.4, 0.5) is 26.3 Å². The van der Waals surface area contributed by atoms with Crippen molar-refractivity contribution in [2.24, 2.45) is 5.11 Å². The molecule has 206 valence electrons. The minimum absolute atomic E-state index is 0.598. The van der Waals surface area contributed by atoms with E-state index in [9.17, 15) is 35.9 Å². The molecule has 0 radical (unpaired) electrons. The van der Waals surface area contributed by atoms with Gasteiger partial charge in [-0.05, 0) is 5.53 Å². The summed E-state index contributed by atoms with van der Waals surface area (Å²) in [5, 5.41) is 3.07. The van der Waals surface area contributed by atoms with Gasteiger partial charge < -0.3 is 18.9 Å². The number of benzene rings is 2. The number of carbonyl (C=O) groups excluding carboxylic acids is 2. The maximum absolute atomic E-state index is 14.1. The molecule has 15 heteroatoms. The number of carbonyl (C=O) groups is 2. The summed E-state index contributed by atoms with van der Waals surface area (Å²) in [6, 6.07) is 11.4. The Morgan fingerprint density at radius 3 is 1.61 bits per heavy atom. The summed E-state index contributed by atoms with van der Waals surface area (Å²) in [6.07, 6.45) is -12.6. The summed E-state index contributed by atoms with van der Waals surface area (Å²) >= 11 is 0. The van der Waals surface area contributed by atoms with Gasteiger partial charge in [-0.3, -0.25) is 0 Å². The predicted octanol–water partition coefficient (Wildman–Crippen LogP) is 4.96. The number of methoxy groups -OCH3 is 2. The van der Waals surface area contributed by atoms with Crippen LogP contribution in [-0.4, -0.2) is 57.8 Å². The van der Waals surface area contributed by atoms with Crippen LogP contribution in [0.15, 0.2) is 65.8 Å². The molecule has 3 atom stereocenters. The lowest BCUT2D eigenvalue weighted by Gasteiger charge is -2.34. The lowest BCUT2D eigenvalue weighted by molar-refractivity contribution is -0.282. The molecule has 0 aliphatic heterocycles. The van der Waals surface area contributed by atoms with Gasteiger partial charge in [0.05, 0.1) is 6.54 Å². The Bertz CT molecular complexity index is 1140. The van der Waals surface area contributed by atoms with Crippen LogP contribution in [0.3, 0.4) is 0 Å². The zero-order valence-electron chi connectivity index (χ0n) is 19.8. The molecule has 38 heavy (non-hydrogen) atoms. The van der Waals surface area contributed by atoms with Crippen LogP contribution in [-0.2, 0) is 39.7 Å². The smallest absolute Gasteiger partial charge is 0.432 e. The van der Waals surface area contributed by atoms with Gasteiger partial charge in [-0.2, -0.15) is 26.3 Å². The van der Waals surface area contributed by atoms with Gasteiger partial charge in [0.1, 0.15) is 12.7 Å². The van der Waals surface area contributed by atoms with Gasteiger partial charge in [-0.15, -0.1) is 0 Å². The standard InChI is InChI=1S/C23H21F6N3O6/c1-35-20(22(24,25)26,15-9-5-3-6-10-15)18(33)37-14-17(13-31-32-30)38-19(34)21(36-2,23(27,28)29)16-11-7-4-8-12-16/h3-12,17H,13-14H2,1-2H3/t17-,20-,21-/m1/s1. The average molecular weight is 549 g/mol. The Morgan fingerprint density at radius 1 is 0.816 bits per heavy atom. The molecule has 0 saturated heterocycles. The number of ether oxygens (including phenoxy) is 4. The number of azide groups is 1. The molecule has 0 N–H and O–H groups in total. The Labute approximate surface area is 211 Å². The van der Waals surface area contributed by atoms with Crippen molar-refractivity contribution in [2.45, 2.75) is 29.7 Å². The van der Waals surface area contributed by atoms with Crippen LogP contribution in [0.1, 0.15) is 11.1 Å². The van der Waals surface area contributed by atoms with Crippen molar-refractivity contribution in [1.82, 2.24) is 0 Å². The van der Waals surface area contributed by atoms with E-state index in [2.05, 4.69) is 19.5 Å². The largest absolute Gasteiger partial charge is 0.459 e. The Balaban J connectivity index is 2.40. The first kappa shape index (κ1) is 30.4. The number of rotatable bonds is 11. The van der Waals surface area contributed by atoms with E-state index in [1.807, 2.05) is 0 Å². The Morgan fingerprint density at radius 2 is 1.24 bits per heavy atom. The Kier molecular flexibility index (Phi) is 9.73. The summed E-state index contributed by atoms with van der Waals surface area (Å²) in [4.78, 5) is 28.0. The molecule has 9 nitrogen and oxygen atoms in total. The van der Waals surface area contributed by atoms with E-state index in [1.54, 1.807) is 0 Å². The topological polar surface area (TPSA) is 120 Å². The van der Waals surface area contributed by atoms with Crippen LogP contribution < -0.4 is 0 Å². The molecule has 0 bridgehead atoms. The van der Waals surface area contributed by atoms with E-state index >= 15 is 0 Å². The van der Waals surface area contributed by atoms with Crippen LogP contribution >= 0.6 is 0 Å². The molecular weight excluding hydrogens is 528 g/mol. The fourth-order valence-corrected chi connectivity index (χ4v) is 3.53. The first-order valence-corrected chi connectivity index (χ1v) is 10.6. The molecule has 2 rings (SSSR count). The lowest BCUT2D eigenvalue weighted by atomic mass is 9.92. The van der Waals surface area contributed by atoms with Crippen molar-refractivity contribution in [3.63, 3.8) is 0 Å². The third-order valence-electron chi connectivity index (χ3n) is 5.37. The van der Waals surface area contributed by atoms with Crippen molar-refractivity contribution in [3.8, 4) is 0 Å². The first-order valence-electron chi connectivity index (χ1n) is 10.6. The molecule has 0 saturated carbocycles. The molecule has 0 fully saturated rings. The van der Waals surface area contributed by atoms with Crippen LogP contribution in [0.2, 0.25) is 0 Å². The zero-order valence-corrected chi connectivity index (χ0v) is 19.8. The maximum Gasteiger partial charge on any atom is 0.432 e. The molecular formula is C23H21F6N3O6. The fraction of sp³-hybridized carbons (Fsp3) is 0.391. The normalized spacial score (nSPS) is 15.8. The van der Waals surface area contributed by atoms with Crippen molar-refractivity contribution in [3.05, 3.63) is 82.2 Å². The first-order chi connectivity index (χ1) is 17.8. The van der Waals surface area contributed by atoms with E-state index in [0.717, 1.165) is 24.3 Å². The Hall–Kier alpha value is -3.81. The van der Waals surface area contributed by atoms with E-state index in [0.29, 0.717) is 14.2 Å². The molecule has 2 aromatic rings. The summed E-state index contributed by atoms with van der Waals surface area (Å²) < 4.78 is 103. The second kappa shape index (κ2) is 12.2. The fourth-order valence-electron chi connectivity index (χ4n) is 3.53. The van der Waals surface area contributed by atoms with E-state index in [-0.39, 0.29) is 0 Å². The van der Waals surface area contributed by atoms with Crippen LogP contribution in [0.25, 0.3) is 10.4 Å². The minimum atomic E-state index is -5.37. The van der Waals surface area contributed by atoms with Crippen molar-refractivity contribution < 1.29 is 54.9 Å². The average Bonchev–Trinajstić information content (AvgIpc) is 2.86. The summed E-state index contributed by atoms with van der Waals surface area (Å²) in [5.41, 5.74) is 0.0109. The number of hydrogen-bond donors (Lipinski definition) is 0. The van der Waals surface area contributed by atoms with E-state index in [1.165, 1.54) is 36.4 Å². The van der Waals surface area contributed by atoms with Gasteiger partial charge in [0.15, 0.2) is 0 Å². The molecule has 0 amide bonds. The highest BCUT2D eigenvalue weighted by Gasteiger charge is 2.65. The van der Waals surface area contributed by atoms with Crippen molar-refractivity contribution in [1.29, 1.82) is 0 Å². The number of esters is 2. The second-order valence-electron chi connectivity index (χ2n) is 7.54. The van der Waals surface area contributed by atoms with Gasteiger partial charge in [0.2, 0.25) is 0 Å². The third kappa shape index (κ3) is 5.85. The molecule has 0 unspecified atom stereocenters. The predicted molar refractivity (Wildman–Crippen MR) is 117 cm³/mol. The van der Waals surface area contributed by atoms with Gasteiger partial charge in [-0.1, -0.05) is 65.8 Å². The molecule has 0 aliphatic carbocycles. The highest BCUT2D eigenvalue weighted by molar-refractivity contribution is 5.84. The van der Waals surface area contributed by atoms with E-state index in [4.69, 9.17) is 15.0 Å². The lowest BCUT2D eigenvalue weighted by Crippen LogP contribution is -2.54. The third-order valence-corrected chi connectivity index (χ3v) is 5.37. The van der Waals surface area contributed by atoms with Crippen LogP contribution in [0.5, 0.6) is 0 Å². The summed E-state index contributed by atoms with van der Waals surface area (Å²) in [7, 11) is 1.20. The number of nitrogens with zero attached hydrogens (tertiary/aromatic N) is 3. The van der Waals surface area contributed by atoms with E-state index < -0.39 is 65.9 Å². The minimum Gasteiger partial charge on any atom is -0.459 e. The van der Waals surface area contributed by atoms with Gasteiger partial charge in [0, 0.05) is 30.3 Å². The quantitative estimate of drug-likeness (QED) is 0.129. The van der Waals surface area contributed by atoms with Crippen LogP contribution in [0, 0.1) is 0 Å². The van der Waals surface area contributed by atoms with Gasteiger partial charge in [0.25, 0.3) is 11.2 Å². The highest BCUT2D eigenvalue weighted by Crippen LogP contribution is 2.44. The molecule has 0 aromatic heterocycles. The summed E-state index contributed by atoms with van der Waals surface area (Å²) in [5.74, 6) is -4.04. The maximum atomic E-state index is 14.1. The molecule has 2 aromatic carbocycles. The highest BCUT2D eigenvalue weighted by atomic mass is 19.4. The van der Waals surface area contributed by atoms with Crippen molar-refractivity contribution >= 4 is 11.9 Å². The second-order valence-corrected chi connectivity index (χ2v) is 7.54. The van der Waals surface area contributed by atoms with Crippen molar-refractivity contribution in [2.75, 3.05) is 27.4 Å². The molecule has 0 spiro atoms. The molecule has 0 heterocycles.